The van der Waals surface area contributed by atoms with Gasteiger partial charge in [0.25, 0.3) is 0 Å². The molecule has 5 rings (SSSR count). The summed E-state index contributed by atoms with van der Waals surface area (Å²) in [4.78, 5) is 40.1. The molecule has 6 nitrogen and oxygen atoms in total. The predicted molar refractivity (Wildman–Crippen MR) is 120 cm³/mol. The maximum Gasteiger partial charge on any atom is 0.330 e. The number of fused-ring (bicyclic) bond motifs is 1. The topological polar surface area (TPSA) is 75.7 Å². The van der Waals surface area contributed by atoms with Crippen LogP contribution in [0.2, 0.25) is 0 Å². The highest BCUT2D eigenvalue weighted by molar-refractivity contribution is 8.08. The van der Waals surface area contributed by atoms with E-state index < -0.39 is 12.1 Å². The molecule has 3 atom stereocenters. The van der Waals surface area contributed by atoms with Crippen LogP contribution in [0.4, 0.5) is 0 Å². The number of hydrogen-bond acceptors (Lipinski definition) is 6. The van der Waals surface area contributed by atoms with Gasteiger partial charge >= 0.3 is 5.97 Å². The zero-order valence-electron chi connectivity index (χ0n) is 16.7. The van der Waals surface area contributed by atoms with Gasteiger partial charge in [-0.05, 0) is 11.1 Å². The molecule has 1 spiro atoms. The monoisotopic (exact) mass is 454 g/mol. The molecule has 3 saturated heterocycles. The highest BCUT2D eigenvalue weighted by Gasteiger charge is 2.69. The minimum atomic E-state index is -0.595. The molecule has 3 heterocycles. The third-order valence-corrected chi connectivity index (χ3v) is 9.40. The molecule has 0 radical (unpaired) electrons. The summed E-state index contributed by atoms with van der Waals surface area (Å²) in [6, 6.07) is 17.8. The number of thioether (sulfide) groups is 2. The van der Waals surface area contributed by atoms with Crippen LogP contribution >= 0.6 is 23.5 Å². The van der Waals surface area contributed by atoms with Gasteiger partial charge in [-0.2, -0.15) is 11.8 Å². The highest BCUT2D eigenvalue weighted by atomic mass is 32.2. The number of nitrogens with zero attached hydrogens (tertiary/aromatic N) is 1. The Bertz CT molecular complexity index is 997. The Balaban J connectivity index is 1.25. The van der Waals surface area contributed by atoms with E-state index in [1.165, 1.54) is 0 Å². The van der Waals surface area contributed by atoms with Gasteiger partial charge in [-0.1, -0.05) is 60.7 Å². The molecule has 31 heavy (non-hydrogen) atoms. The minimum Gasteiger partial charge on any atom is -0.459 e. The van der Waals surface area contributed by atoms with Crippen LogP contribution in [0.15, 0.2) is 60.7 Å². The van der Waals surface area contributed by atoms with Crippen LogP contribution in [0.25, 0.3) is 0 Å². The van der Waals surface area contributed by atoms with E-state index in [-0.39, 0.29) is 40.9 Å². The van der Waals surface area contributed by atoms with Crippen molar-refractivity contribution in [1.82, 2.24) is 10.2 Å². The molecular formula is C23H22N2O4S2. The Labute approximate surface area is 189 Å². The van der Waals surface area contributed by atoms with Gasteiger partial charge in [0.1, 0.15) is 24.1 Å². The summed E-state index contributed by atoms with van der Waals surface area (Å²) in [7, 11) is 0. The number of esters is 1. The Morgan fingerprint density at radius 3 is 2.29 bits per heavy atom. The lowest BCUT2D eigenvalue weighted by molar-refractivity contribution is -0.165. The number of rotatable bonds is 6. The number of nitrogens with one attached hydrogen (secondary N) is 1. The van der Waals surface area contributed by atoms with Gasteiger partial charge in [-0.25, -0.2) is 4.79 Å². The number of hydrogen-bond donors (Lipinski definition) is 1. The van der Waals surface area contributed by atoms with E-state index in [0.29, 0.717) is 0 Å². The zero-order chi connectivity index (χ0) is 21.4. The quantitative estimate of drug-likeness (QED) is 0.533. The van der Waals surface area contributed by atoms with Crippen molar-refractivity contribution < 1.29 is 19.1 Å². The van der Waals surface area contributed by atoms with Crippen molar-refractivity contribution in [1.29, 1.82) is 0 Å². The zero-order valence-corrected chi connectivity index (χ0v) is 18.4. The minimum absolute atomic E-state index is 0.183. The molecule has 2 aromatic rings. The summed E-state index contributed by atoms with van der Waals surface area (Å²) in [6.07, 6.45) is 0.228. The lowest BCUT2D eigenvalue weighted by atomic mass is 9.95. The fourth-order valence-corrected chi connectivity index (χ4v) is 7.69. The Morgan fingerprint density at radius 2 is 1.68 bits per heavy atom. The van der Waals surface area contributed by atoms with Gasteiger partial charge in [-0.3, -0.25) is 9.59 Å². The summed E-state index contributed by atoms with van der Waals surface area (Å²) in [5.41, 5.74) is 1.81. The molecule has 3 fully saturated rings. The van der Waals surface area contributed by atoms with Gasteiger partial charge in [0.15, 0.2) is 0 Å². The number of β-lactam (4-membered cyclic amide) rings is 1. The molecule has 0 bridgehead atoms. The number of carbonyl (C=O) groups is 3. The van der Waals surface area contributed by atoms with E-state index >= 15 is 0 Å². The molecule has 8 heteroatoms. The molecule has 160 valence electrons. The third kappa shape index (κ3) is 3.72. The van der Waals surface area contributed by atoms with Crippen LogP contribution in [0, 0.1) is 0 Å². The summed E-state index contributed by atoms with van der Waals surface area (Å²) < 4.78 is 5.27. The Morgan fingerprint density at radius 1 is 1.03 bits per heavy atom. The van der Waals surface area contributed by atoms with Crippen LogP contribution in [-0.2, 0) is 32.1 Å². The molecule has 2 amide bonds. The van der Waals surface area contributed by atoms with Gasteiger partial charge in [0, 0.05) is 11.5 Å². The van der Waals surface area contributed by atoms with Crippen LogP contribution in [0.5, 0.6) is 0 Å². The highest BCUT2D eigenvalue weighted by Crippen LogP contribution is 2.58. The first-order valence-corrected chi connectivity index (χ1v) is 12.2. The van der Waals surface area contributed by atoms with Gasteiger partial charge < -0.3 is 15.0 Å². The van der Waals surface area contributed by atoms with Gasteiger partial charge in [0.05, 0.1) is 11.2 Å². The van der Waals surface area contributed by atoms with Crippen molar-refractivity contribution in [3.05, 3.63) is 71.8 Å². The van der Waals surface area contributed by atoms with Gasteiger partial charge in [-0.15, -0.1) is 11.8 Å². The van der Waals surface area contributed by atoms with Crippen molar-refractivity contribution >= 4 is 41.3 Å². The molecule has 0 aliphatic carbocycles. The van der Waals surface area contributed by atoms with E-state index in [0.717, 1.165) is 22.6 Å². The first-order chi connectivity index (χ1) is 15.1. The normalized spacial score (nSPS) is 25.4. The standard InChI is InChI=1S/C23H22N2O4S2/c26-17(11-15-7-3-1-4-8-15)24-18-20(27)25-19(23(13-30-14-23)31-21(18)25)22(28)29-12-16-9-5-2-6-10-16/h1-10,18-19,21H,11-14H2,(H,24,26)/t18?,19?,21-/m0/s1. The molecule has 2 aromatic carbocycles. The van der Waals surface area contributed by atoms with Crippen LogP contribution in [-0.4, -0.2) is 56.4 Å². The smallest absolute Gasteiger partial charge is 0.330 e. The van der Waals surface area contributed by atoms with Crippen molar-refractivity contribution in [2.75, 3.05) is 11.5 Å². The summed E-state index contributed by atoms with van der Waals surface area (Å²) in [5, 5.41) is 2.66. The average Bonchev–Trinajstić information content (AvgIpc) is 3.10. The summed E-state index contributed by atoms with van der Waals surface area (Å²) in [5.74, 6) is 0.856. The largest absolute Gasteiger partial charge is 0.459 e. The van der Waals surface area contributed by atoms with E-state index in [4.69, 9.17) is 4.74 Å². The number of amides is 2. The first kappa shape index (κ1) is 20.5. The molecule has 3 aliphatic rings. The second kappa shape index (κ2) is 8.24. The molecule has 1 N–H and O–H groups in total. The van der Waals surface area contributed by atoms with Crippen molar-refractivity contribution in [2.45, 2.75) is 35.2 Å². The maximum absolute atomic E-state index is 13.0. The predicted octanol–water partition coefficient (Wildman–Crippen LogP) is 2.23. The van der Waals surface area contributed by atoms with Crippen LogP contribution in [0.1, 0.15) is 11.1 Å². The maximum atomic E-state index is 13.0. The number of benzene rings is 2. The lowest BCUT2D eigenvalue weighted by Crippen LogP contribution is -2.71. The molecule has 2 unspecified atom stereocenters. The van der Waals surface area contributed by atoms with Crippen molar-refractivity contribution in [3.63, 3.8) is 0 Å². The Hall–Kier alpha value is -2.45. The number of carbonyl (C=O) groups excluding carboxylic acids is 3. The fourth-order valence-electron chi connectivity index (χ4n) is 4.25. The van der Waals surface area contributed by atoms with Crippen LogP contribution < -0.4 is 5.32 Å². The first-order valence-electron chi connectivity index (χ1n) is 10.2. The Kier molecular flexibility index (Phi) is 5.44. The molecule has 3 aliphatic heterocycles. The van der Waals surface area contributed by atoms with Crippen molar-refractivity contribution in [3.8, 4) is 0 Å². The van der Waals surface area contributed by atoms with Gasteiger partial charge in [0.2, 0.25) is 11.8 Å². The fraction of sp³-hybridized carbons (Fsp3) is 0.348. The third-order valence-electron chi connectivity index (χ3n) is 5.88. The summed E-state index contributed by atoms with van der Waals surface area (Å²) >= 11 is 3.40. The van der Waals surface area contributed by atoms with E-state index in [1.807, 2.05) is 60.7 Å². The second-order valence-corrected chi connectivity index (χ2v) is 10.5. The molecule has 0 aromatic heterocycles. The van der Waals surface area contributed by atoms with E-state index in [2.05, 4.69) is 5.32 Å². The van der Waals surface area contributed by atoms with E-state index in [1.54, 1.807) is 28.4 Å². The SMILES string of the molecule is O=C(Cc1ccccc1)NC1C(=O)N2C(C(=O)OCc3ccccc3)C3(CSC3)S[C@@H]12. The summed E-state index contributed by atoms with van der Waals surface area (Å²) in [6.45, 7) is 0.188. The lowest BCUT2D eigenvalue weighted by Gasteiger charge is -2.45. The molecular weight excluding hydrogens is 432 g/mol. The number of ether oxygens (including phenoxy) is 1. The van der Waals surface area contributed by atoms with E-state index in [9.17, 15) is 14.4 Å². The van der Waals surface area contributed by atoms with Crippen molar-refractivity contribution in [2.24, 2.45) is 0 Å². The van der Waals surface area contributed by atoms with Crippen LogP contribution in [0.3, 0.4) is 0 Å². The average molecular weight is 455 g/mol. The second-order valence-electron chi connectivity index (χ2n) is 8.01. The molecule has 0 saturated carbocycles.